The molecule has 1 aliphatic rings. The Morgan fingerprint density at radius 3 is 2.80 bits per heavy atom. The SMILES string of the molecule is N#CCOc1ccc(CC(=O)N2CCCC2c2cccc(F)c2)cc1. The van der Waals surface area contributed by atoms with Gasteiger partial charge in [-0.2, -0.15) is 5.26 Å². The smallest absolute Gasteiger partial charge is 0.227 e. The average molecular weight is 338 g/mol. The molecule has 1 fully saturated rings. The summed E-state index contributed by atoms with van der Waals surface area (Å²) in [6.45, 7) is 0.699. The van der Waals surface area contributed by atoms with Crippen molar-refractivity contribution in [3.05, 3.63) is 65.5 Å². The Kier molecular flexibility index (Phi) is 5.30. The fourth-order valence-electron chi connectivity index (χ4n) is 3.22. The minimum absolute atomic E-state index is 0.00136. The number of halogens is 1. The van der Waals surface area contributed by atoms with E-state index < -0.39 is 0 Å². The van der Waals surface area contributed by atoms with Crippen LogP contribution < -0.4 is 4.74 Å². The lowest BCUT2D eigenvalue weighted by Gasteiger charge is -2.25. The normalized spacial score (nSPS) is 16.5. The van der Waals surface area contributed by atoms with Crippen LogP contribution in [0.25, 0.3) is 0 Å². The van der Waals surface area contributed by atoms with Gasteiger partial charge in [0.25, 0.3) is 0 Å². The summed E-state index contributed by atoms with van der Waals surface area (Å²) in [5, 5.41) is 8.51. The number of rotatable bonds is 5. The summed E-state index contributed by atoms with van der Waals surface area (Å²) in [6.07, 6.45) is 2.08. The molecule has 5 heteroatoms. The minimum atomic E-state index is -0.273. The van der Waals surface area contributed by atoms with Gasteiger partial charge in [0.15, 0.2) is 6.61 Å². The topological polar surface area (TPSA) is 53.3 Å². The van der Waals surface area contributed by atoms with Crippen molar-refractivity contribution in [1.82, 2.24) is 4.90 Å². The van der Waals surface area contributed by atoms with Crippen LogP contribution in [0.3, 0.4) is 0 Å². The molecule has 1 saturated heterocycles. The molecule has 0 spiro atoms. The van der Waals surface area contributed by atoms with Crippen molar-refractivity contribution in [3.63, 3.8) is 0 Å². The summed E-state index contributed by atoms with van der Waals surface area (Å²) in [5.74, 6) is 0.374. The molecule has 1 aliphatic heterocycles. The van der Waals surface area contributed by atoms with Gasteiger partial charge in [0, 0.05) is 6.54 Å². The first kappa shape index (κ1) is 17.0. The van der Waals surface area contributed by atoms with Gasteiger partial charge < -0.3 is 9.64 Å². The maximum absolute atomic E-state index is 13.5. The fraction of sp³-hybridized carbons (Fsp3) is 0.300. The Morgan fingerprint density at radius 1 is 1.28 bits per heavy atom. The molecule has 0 aliphatic carbocycles. The first-order valence-corrected chi connectivity index (χ1v) is 8.31. The van der Waals surface area contributed by atoms with Crippen LogP contribution in [0.5, 0.6) is 5.75 Å². The van der Waals surface area contributed by atoms with E-state index in [0.29, 0.717) is 18.7 Å². The van der Waals surface area contributed by atoms with Crippen LogP contribution in [-0.2, 0) is 11.2 Å². The van der Waals surface area contributed by atoms with E-state index in [2.05, 4.69) is 0 Å². The number of benzene rings is 2. The largest absolute Gasteiger partial charge is 0.479 e. The third kappa shape index (κ3) is 4.16. The number of hydrogen-bond donors (Lipinski definition) is 0. The Bertz CT molecular complexity index is 783. The number of nitrogens with zero attached hydrogens (tertiary/aromatic N) is 2. The van der Waals surface area contributed by atoms with E-state index in [1.807, 2.05) is 29.2 Å². The second-order valence-corrected chi connectivity index (χ2v) is 6.07. The molecule has 1 heterocycles. The zero-order valence-electron chi connectivity index (χ0n) is 13.8. The standard InChI is InChI=1S/C20H19FN2O2/c21-17-4-1-3-16(14-17)19-5-2-11-23(19)20(24)13-15-6-8-18(9-7-15)25-12-10-22/h1,3-4,6-9,14,19H,2,5,11-13H2. The van der Waals surface area contributed by atoms with Gasteiger partial charge in [-0.25, -0.2) is 4.39 Å². The van der Waals surface area contributed by atoms with Crippen LogP contribution in [0.15, 0.2) is 48.5 Å². The summed E-state index contributed by atoms with van der Waals surface area (Å²) >= 11 is 0. The molecule has 0 bridgehead atoms. The van der Waals surface area contributed by atoms with E-state index in [-0.39, 0.29) is 24.4 Å². The maximum atomic E-state index is 13.5. The molecule has 0 aromatic heterocycles. The predicted molar refractivity (Wildman–Crippen MR) is 91.3 cm³/mol. The third-order valence-electron chi connectivity index (χ3n) is 4.39. The summed E-state index contributed by atoms with van der Waals surface area (Å²) in [7, 11) is 0. The number of amides is 1. The molecule has 128 valence electrons. The van der Waals surface area contributed by atoms with Crippen LogP contribution in [-0.4, -0.2) is 24.0 Å². The highest BCUT2D eigenvalue weighted by Crippen LogP contribution is 2.32. The van der Waals surface area contributed by atoms with Crippen molar-refractivity contribution in [1.29, 1.82) is 5.26 Å². The molecule has 2 aromatic rings. The number of carbonyl (C=O) groups is 1. The van der Waals surface area contributed by atoms with Crippen molar-refractivity contribution in [3.8, 4) is 11.8 Å². The lowest BCUT2D eigenvalue weighted by Crippen LogP contribution is -2.31. The van der Waals surface area contributed by atoms with E-state index >= 15 is 0 Å². The number of ether oxygens (including phenoxy) is 1. The third-order valence-corrected chi connectivity index (χ3v) is 4.39. The van der Waals surface area contributed by atoms with Crippen molar-refractivity contribution in [2.24, 2.45) is 0 Å². The monoisotopic (exact) mass is 338 g/mol. The van der Waals surface area contributed by atoms with Crippen molar-refractivity contribution in [2.45, 2.75) is 25.3 Å². The van der Waals surface area contributed by atoms with Gasteiger partial charge in [-0.05, 0) is 48.2 Å². The highest BCUT2D eigenvalue weighted by atomic mass is 19.1. The summed E-state index contributed by atoms with van der Waals surface area (Å²) < 4.78 is 18.7. The van der Waals surface area contributed by atoms with Gasteiger partial charge in [0.05, 0.1) is 12.5 Å². The highest BCUT2D eigenvalue weighted by molar-refractivity contribution is 5.79. The lowest BCUT2D eigenvalue weighted by atomic mass is 10.0. The lowest BCUT2D eigenvalue weighted by molar-refractivity contribution is -0.131. The van der Waals surface area contributed by atoms with Crippen LogP contribution in [0.4, 0.5) is 4.39 Å². The Labute approximate surface area is 146 Å². The van der Waals surface area contributed by atoms with Gasteiger partial charge in [0.2, 0.25) is 5.91 Å². The van der Waals surface area contributed by atoms with Gasteiger partial charge in [-0.1, -0.05) is 24.3 Å². The van der Waals surface area contributed by atoms with Gasteiger partial charge >= 0.3 is 0 Å². The summed E-state index contributed by atoms with van der Waals surface area (Å²) in [5.41, 5.74) is 1.74. The van der Waals surface area contributed by atoms with Gasteiger partial charge in [-0.15, -0.1) is 0 Å². The quantitative estimate of drug-likeness (QED) is 0.836. The van der Waals surface area contributed by atoms with E-state index in [1.165, 1.54) is 12.1 Å². The molecule has 3 rings (SSSR count). The van der Waals surface area contributed by atoms with E-state index in [1.54, 1.807) is 18.2 Å². The van der Waals surface area contributed by atoms with Gasteiger partial charge in [-0.3, -0.25) is 4.79 Å². The van der Waals surface area contributed by atoms with Crippen LogP contribution >= 0.6 is 0 Å². The highest BCUT2D eigenvalue weighted by Gasteiger charge is 2.29. The Balaban J connectivity index is 1.67. The molecule has 1 unspecified atom stereocenters. The molecule has 1 atom stereocenters. The molecule has 0 radical (unpaired) electrons. The zero-order valence-corrected chi connectivity index (χ0v) is 13.8. The van der Waals surface area contributed by atoms with E-state index in [0.717, 1.165) is 24.0 Å². The zero-order chi connectivity index (χ0) is 17.6. The Morgan fingerprint density at radius 2 is 2.08 bits per heavy atom. The predicted octanol–water partition coefficient (Wildman–Crippen LogP) is 3.63. The van der Waals surface area contributed by atoms with Crippen LogP contribution in [0.2, 0.25) is 0 Å². The molecule has 4 nitrogen and oxygen atoms in total. The van der Waals surface area contributed by atoms with Gasteiger partial charge in [0.1, 0.15) is 17.6 Å². The first-order valence-electron chi connectivity index (χ1n) is 8.31. The molecule has 0 saturated carbocycles. The number of carbonyl (C=O) groups excluding carboxylic acids is 1. The molecule has 0 N–H and O–H groups in total. The number of nitriles is 1. The van der Waals surface area contributed by atoms with E-state index in [4.69, 9.17) is 10.00 Å². The minimum Gasteiger partial charge on any atom is -0.479 e. The van der Waals surface area contributed by atoms with Crippen molar-refractivity contribution in [2.75, 3.05) is 13.2 Å². The number of hydrogen-bond acceptors (Lipinski definition) is 3. The molecule has 1 amide bonds. The fourth-order valence-corrected chi connectivity index (χ4v) is 3.22. The van der Waals surface area contributed by atoms with Crippen LogP contribution in [0, 0.1) is 17.1 Å². The van der Waals surface area contributed by atoms with E-state index in [9.17, 15) is 9.18 Å². The van der Waals surface area contributed by atoms with Crippen LogP contribution in [0.1, 0.15) is 30.0 Å². The molecular weight excluding hydrogens is 319 g/mol. The second-order valence-electron chi connectivity index (χ2n) is 6.07. The average Bonchev–Trinajstić information content (AvgIpc) is 3.11. The van der Waals surface area contributed by atoms with Crippen molar-refractivity contribution < 1.29 is 13.9 Å². The molecule has 25 heavy (non-hydrogen) atoms. The summed E-state index contributed by atoms with van der Waals surface area (Å²) in [6, 6.07) is 15.5. The number of likely N-dealkylation sites (tertiary alicyclic amines) is 1. The first-order chi connectivity index (χ1) is 12.2. The Hall–Kier alpha value is -2.87. The second kappa shape index (κ2) is 7.80. The molecule has 2 aromatic carbocycles. The summed E-state index contributed by atoms with van der Waals surface area (Å²) in [4.78, 5) is 14.5. The molecular formula is C20H19FN2O2. The maximum Gasteiger partial charge on any atom is 0.227 e. The van der Waals surface area contributed by atoms with Crippen molar-refractivity contribution >= 4 is 5.91 Å².